The van der Waals surface area contributed by atoms with Crippen molar-refractivity contribution in [1.29, 1.82) is 0 Å². The SMILES string of the molecule is C=Cc1cnc(OCc2ccccc2)cc1CS. The molecule has 0 unspecified atom stereocenters. The summed E-state index contributed by atoms with van der Waals surface area (Å²) in [5.74, 6) is 1.26. The fourth-order valence-corrected chi connectivity index (χ4v) is 1.89. The minimum Gasteiger partial charge on any atom is -0.473 e. The van der Waals surface area contributed by atoms with Crippen LogP contribution in [0.1, 0.15) is 16.7 Å². The molecule has 0 N–H and O–H groups in total. The van der Waals surface area contributed by atoms with E-state index < -0.39 is 0 Å². The molecule has 0 saturated heterocycles. The predicted molar refractivity (Wildman–Crippen MR) is 77.8 cm³/mol. The summed E-state index contributed by atoms with van der Waals surface area (Å²) in [6, 6.07) is 11.9. The lowest BCUT2D eigenvalue weighted by Gasteiger charge is -2.08. The monoisotopic (exact) mass is 257 g/mol. The zero-order chi connectivity index (χ0) is 12.8. The zero-order valence-electron chi connectivity index (χ0n) is 10.0. The van der Waals surface area contributed by atoms with Crippen molar-refractivity contribution < 1.29 is 4.74 Å². The van der Waals surface area contributed by atoms with Crippen LogP contribution in [-0.2, 0) is 12.4 Å². The Kier molecular flexibility index (Phi) is 4.42. The Balaban J connectivity index is 2.08. The van der Waals surface area contributed by atoms with Gasteiger partial charge in [0.15, 0.2) is 0 Å². The van der Waals surface area contributed by atoms with Crippen LogP contribution in [0.2, 0.25) is 0 Å². The molecule has 0 spiro atoms. The van der Waals surface area contributed by atoms with Gasteiger partial charge in [0.25, 0.3) is 0 Å². The summed E-state index contributed by atoms with van der Waals surface area (Å²) in [5.41, 5.74) is 3.20. The lowest BCUT2D eigenvalue weighted by molar-refractivity contribution is 0.293. The van der Waals surface area contributed by atoms with E-state index in [0.717, 1.165) is 16.7 Å². The first kappa shape index (κ1) is 12.7. The number of aromatic nitrogens is 1. The summed E-state index contributed by atoms with van der Waals surface area (Å²) in [4.78, 5) is 4.25. The molecule has 1 heterocycles. The van der Waals surface area contributed by atoms with Crippen LogP contribution in [0.25, 0.3) is 6.08 Å². The maximum absolute atomic E-state index is 5.65. The molecule has 0 radical (unpaired) electrons. The van der Waals surface area contributed by atoms with E-state index in [1.54, 1.807) is 12.3 Å². The van der Waals surface area contributed by atoms with Gasteiger partial charge in [-0.2, -0.15) is 12.6 Å². The molecule has 0 aliphatic carbocycles. The smallest absolute Gasteiger partial charge is 0.213 e. The third-order valence-corrected chi connectivity index (χ3v) is 2.96. The number of hydrogen-bond donors (Lipinski definition) is 1. The molecule has 0 amide bonds. The van der Waals surface area contributed by atoms with Crippen LogP contribution in [0.5, 0.6) is 5.88 Å². The summed E-state index contributed by atoms with van der Waals surface area (Å²) in [6.45, 7) is 4.27. The van der Waals surface area contributed by atoms with Crippen LogP contribution in [0.3, 0.4) is 0 Å². The first-order chi connectivity index (χ1) is 8.83. The maximum Gasteiger partial charge on any atom is 0.213 e. The van der Waals surface area contributed by atoms with Crippen molar-refractivity contribution in [2.24, 2.45) is 0 Å². The van der Waals surface area contributed by atoms with Crippen LogP contribution in [-0.4, -0.2) is 4.98 Å². The predicted octanol–water partition coefficient (Wildman–Crippen LogP) is 3.73. The second-order valence-corrected chi connectivity index (χ2v) is 4.17. The van der Waals surface area contributed by atoms with Gasteiger partial charge in [0.1, 0.15) is 6.61 Å². The number of nitrogens with zero attached hydrogens (tertiary/aromatic N) is 1. The van der Waals surface area contributed by atoms with E-state index in [9.17, 15) is 0 Å². The van der Waals surface area contributed by atoms with E-state index in [-0.39, 0.29) is 0 Å². The first-order valence-corrected chi connectivity index (χ1v) is 6.35. The average molecular weight is 257 g/mol. The van der Waals surface area contributed by atoms with Gasteiger partial charge in [0, 0.05) is 18.0 Å². The molecular formula is C15H15NOS. The van der Waals surface area contributed by atoms with E-state index in [2.05, 4.69) is 24.2 Å². The quantitative estimate of drug-likeness (QED) is 0.824. The average Bonchev–Trinajstić information content (AvgIpc) is 2.45. The fourth-order valence-electron chi connectivity index (χ4n) is 1.62. The third kappa shape index (κ3) is 3.14. The Morgan fingerprint density at radius 3 is 2.72 bits per heavy atom. The zero-order valence-corrected chi connectivity index (χ0v) is 10.9. The van der Waals surface area contributed by atoms with E-state index in [4.69, 9.17) is 4.74 Å². The van der Waals surface area contributed by atoms with E-state index >= 15 is 0 Å². The van der Waals surface area contributed by atoms with Crippen LogP contribution in [0, 0.1) is 0 Å². The van der Waals surface area contributed by atoms with Gasteiger partial charge in [-0.3, -0.25) is 0 Å². The number of thiol groups is 1. The van der Waals surface area contributed by atoms with Gasteiger partial charge in [-0.25, -0.2) is 4.98 Å². The highest BCUT2D eigenvalue weighted by molar-refractivity contribution is 7.79. The summed E-state index contributed by atoms with van der Waals surface area (Å²) in [5, 5.41) is 0. The number of benzene rings is 1. The van der Waals surface area contributed by atoms with Crippen LogP contribution < -0.4 is 4.74 Å². The molecule has 0 aliphatic heterocycles. The van der Waals surface area contributed by atoms with Gasteiger partial charge in [-0.1, -0.05) is 43.0 Å². The van der Waals surface area contributed by atoms with E-state index in [1.165, 1.54) is 0 Å². The van der Waals surface area contributed by atoms with Crippen molar-refractivity contribution in [1.82, 2.24) is 4.98 Å². The normalized spacial score (nSPS) is 10.1. The van der Waals surface area contributed by atoms with Crippen molar-refractivity contribution in [3.05, 3.63) is 65.9 Å². The van der Waals surface area contributed by atoms with Gasteiger partial charge in [-0.15, -0.1) is 0 Å². The molecule has 2 rings (SSSR count). The van der Waals surface area contributed by atoms with Crippen molar-refractivity contribution >= 4 is 18.7 Å². The van der Waals surface area contributed by atoms with Crippen LogP contribution in [0.15, 0.2) is 49.2 Å². The molecule has 0 fully saturated rings. The highest BCUT2D eigenvalue weighted by Crippen LogP contribution is 2.18. The fraction of sp³-hybridized carbons (Fsp3) is 0.133. The van der Waals surface area contributed by atoms with Crippen molar-refractivity contribution in [2.75, 3.05) is 0 Å². The standard InChI is InChI=1S/C15H15NOS/c1-2-13-9-16-15(8-14(13)11-18)17-10-12-6-4-3-5-7-12/h2-9,18H,1,10-11H2. The summed E-state index contributed by atoms with van der Waals surface area (Å²) in [7, 11) is 0. The Labute approximate surface area is 113 Å². The largest absolute Gasteiger partial charge is 0.473 e. The summed E-state index contributed by atoms with van der Waals surface area (Å²) >= 11 is 4.29. The molecule has 0 saturated carbocycles. The summed E-state index contributed by atoms with van der Waals surface area (Å²) in [6.07, 6.45) is 3.54. The number of ether oxygens (including phenoxy) is 1. The maximum atomic E-state index is 5.65. The minimum absolute atomic E-state index is 0.521. The Morgan fingerprint density at radius 1 is 1.28 bits per heavy atom. The molecule has 92 valence electrons. The molecule has 3 heteroatoms. The molecule has 18 heavy (non-hydrogen) atoms. The lowest BCUT2D eigenvalue weighted by atomic mass is 10.1. The molecule has 0 aliphatic rings. The topological polar surface area (TPSA) is 22.1 Å². The first-order valence-electron chi connectivity index (χ1n) is 5.72. The molecule has 0 atom stereocenters. The van der Waals surface area contributed by atoms with Crippen LogP contribution in [0.4, 0.5) is 0 Å². The molecule has 2 nitrogen and oxygen atoms in total. The Morgan fingerprint density at radius 2 is 2.06 bits per heavy atom. The van der Waals surface area contributed by atoms with Gasteiger partial charge in [-0.05, 0) is 16.7 Å². The third-order valence-electron chi connectivity index (χ3n) is 2.62. The van der Waals surface area contributed by atoms with Gasteiger partial charge < -0.3 is 4.74 Å². The lowest BCUT2D eigenvalue weighted by Crippen LogP contribution is -1.98. The van der Waals surface area contributed by atoms with Crippen molar-refractivity contribution in [2.45, 2.75) is 12.4 Å². The molecular weight excluding hydrogens is 242 g/mol. The number of rotatable bonds is 5. The van der Waals surface area contributed by atoms with Gasteiger partial charge in [0.05, 0.1) is 0 Å². The van der Waals surface area contributed by atoms with Crippen molar-refractivity contribution in [3.63, 3.8) is 0 Å². The number of hydrogen-bond acceptors (Lipinski definition) is 3. The second kappa shape index (κ2) is 6.26. The molecule has 2 aromatic rings. The second-order valence-electron chi connectivity index (χ2n) is 3.86. The highest BCUT2D eigenvalue weighted by Gasteiger charge is 2.02. The Bertz CT molecular complexity index is 525. The van der Waals surface area contributed by atoms with Gasteiger partial charge >= 0.3 is 0 Å². The highest BCUT2D eigenvalue weighted by atomic mass is 32.1. The van der Waals surface area contributed by atoms with Crippen LogP contribution >= 0.6 is 12.6 Å². The Hall–Kier alpha value is -1.74. The molecule has 1 aromatic heterocycles. The van der Waals surface area contributed by atoms with E-state index in [1.807, 2.05) is 36.4 Å². The number of pyridine rings is 1. The van der Waals surface area contributed by atoms with Gasteiger partial charge in [0.2, 0.25) is 5.88 Å². The molecule has 1 aromatic carbocycles. The molecule has 0 bridgehead atoms. The van der Waals surface area contributed by atoms with Crippen molar-refractivity contribution in [3.8, 4) is 5.88 Å². The van der Waals surface area contributed by atoms with E-state index in [0.29, 0.717) is 18.2 Å². The minimum atomic E-state index is 0.521. The summed E-state index contributed by atoms with van der Waals surface area (Å²) < 4.78 is 5.65.